The molecule has 0 saturated carbocycles. The molecule has 17 heavy (non-hydrogen) atoms. The normalized spacial score (nSPS) is 22.7. The van der Waals surface area contributed by atoms with E-state index < -0.39 is 0 Å². The molecular weight excluding hydrogens is 218 g/mol. The van der Waals surface area contributed by atoms with Crippen LogP contribution in [0.4, 0.5) is 0 Å². The highest BCUT2D eigenvalue weighted by atomic mass is 16.7. The van der Waals surface area contributed by atoms with E-state index in [4.69, 9.17) is 14.2 Å². The van der Waals surface area contributed by atoms with Crippen LogP contribution >= 0.6 is 0 Å². The van der Waals surface area contributed by atoms with E-state index in [-0.39, 0.29) is 0 Å². The average molecular weight is 235 g/mol. The van der Waals surface area contributed by atoms with Crippen molar-refractivity contribution in [1.82, 2.24) is 5.32 Å². The first-order valence-corrected chi connectivity index (χ1v) is 6.11. The van der Waals surface area contributed by atoms with Crippen molar-refractivity contribution >= 4 is 0 Å². The summed E-state index contributed by atoms with van der Waals surface area (Å²) in [6.07, 6.45) is 2.35. The largest absolute Gasteiger partial charge is 0.454 e. The smallest absolute Gasteiger partial charge is 0.231 e. The van der Waals surface area contributed by atoms with Gasteiger partial charge < -0.3 is 19.5 Å². The van der Waals surface area contributed by atoms with Crippen molar-refractivity contribution in [3.8, 4) is 11.5 Å². The number of hydrogen-bond donors (Lipinski definition) is 1. The lowest BCUT2D eigenvalue weighted by atomic mass is 10.1. The molecule has 1 N–H and O–H groups in total. The van der Waals surface area contributed by atoms with Gasteiger partial charge in [0.1, 0.15) is 0 Å². The standard InChI is InChI=1S/C13H17NO3/c1-2-11(8-15-5-1)14-7-10-3-4-12-13(6-10)17-9-16-12/h3-4,6,11,14H,1-2,5,7-9H2. The Kier molecular flexibility index (Phi) is 3.16. The van der Waals surface area contributed by atoms with E-state index >= 15 is 0 Å². The summed E-state index contributed by atoms with van der Waals surface area (Å²) in [6.45, 7) is 2.92. The van der Waals surface area contributed by atoms with Crippen molar-refractivity contribution in [2.24, 2.45) is 0 Å². The first-order valence-electron chi connectivity index (χ1n) is 6.11. The maximum atomic E-state index is 5.44. The Morgan fingerprint density at radius 3 is 3.06 bits per heavy atom. The second kappa shape index (κ2) is 4.94. The lowest BCUT2D eigenvalue weighted by Crippen LogP contribution is -2.36. The van der Waals surface area contributed by atoms with Gasteiger partial charge in [-0.25, -0.2) is 0 Å². The van der Waals surface area contributed by atoms with Crippen molar-refractivity contribution in [2.45, 2.75) is 25.4 Å². The van der Waals surface area contributed by atoms with Crippen LogP contribution in [0, 0.1) is 0 Å². The van der Waals surface area contributed by atoms with Gasteiger partial charge in [0.05, 0.1) is 6.61 Å². The Morgan fingerprint density at radius 2 is 2.18 bits per heavy atom. The van der Waals surface area contributed by atoms with E-state index in [2.05, 4.69) is 11.4 Å². The van der Waals surface area contributed by atoms with Crippen LogP contribution in [0.2, 0.25) is 0 Å². The van der Waals surface area contributed by atoms with E-state index in [0.717, 1.165) is 37.7 Å². The number of hydrogen-bond acceptors (Lipinski definition) is 4. The Morgan fingerprint density at radius 1 is 1.24 bits per heavy atom. The Balaban J connectivity index is 1.57. The lowest BCUT2D eigenvalue weighted by Gasteiger charge is -2.23. The molecule has 2 heterocycles. The molecule has 0 amide bonds. The first kappa shape index (κ1) is 10.9. The zero-order chi connectivity index (χ0) is 11.5. The quantitative estimate of drug-likeness (QED) is 0.865. The summed E-state index contributed by atoms with van der Waals surface area (Å²) in [5.74, 6) is 1.69. The third kappa shape index (κ3) is 2.53. The minimum absolute atomic E-state index is 0.336. The van der Waals surface area contributed by atoms with Crippen molar-refractivity contribution in [1.29, 1.82) is 0 Å². The van der Waals surface area contributed by atoms with Crippen LogP contribution in [0.25, 0.3) is 0 Å². The molecular formula is C13H17NO3. The van der Waals surface area contributed by atoms with Crippen LogP contribution in [0.1, 0.15) is 18.4 Å². The Bertz CT molecular complexity index is 388. The Labute approximate surface area is 101 Å². The third-order valence-corrected chi connectivity index (χ3v) is 3.19. The van der Waals surface area contributed by atoms with Crippen LogP contribution in [-0.4, -0.2) is 26.0 Å². The predicted octanol–water partition coefficient (Wildman–Crippen LogP) is 1.68. The molecule has 4 heteroatoms. The fourth-order valence-electron chi connectivity index (χ4n) is 2.21. The van der Waals surface area contributed by atoms with Gasteiger partial charge in [-0.1, -0.05) is 6.07 Å². The maximum Gasteiger partial charge on any atom is 0.231 e. The number of benzene rings is 1. The predicted molar refractivity (Wildman–Crippen MR) is 63.2 cm³/mol. The van der Waals surface area contributed by atoms with Gasteiger partial charge in [0.15, 0.2) is 11.5 Å². The molecule has 1 saturated heterocycles. The lowest BCUT2D eigenvalue weighted by molar-refractivity contribution is 0.0699. The maximum absolute atomic E-state index is 5.44. The van der Waals surface area contributed by atoms with E-state index in [9.17, 15) is 0 Å². The van der Waals surface area contributed by atoms with E-state index in [1.54, 1.807) is 0 Å². The molecule has 1 fully saturated rings. The number of nitrogens with one attached hydrogen (secondary N) is 1. The molecule has 0 radical (unpaired) electrons. The van der Waals surface area contributed by atoms with Crippen LogP contribution in [0.5, 0.6) is 11.5 Å². The molecule has 1 atom stereocenters. The number of ether oxygens (including phenoxy) is 3. The fourth-order valence-corrected chi connectivity index (χ4v) is 2.21. The second-order valence-electron chi connectivity index (χ2n) is 4.48. The first-order chi connectivity index (χ1) is 8.42. The van der Waals surface area contributed by atoms with Crippen molar-refractivity contribution in [3.63, 3.8) is 0 Å². The van der Waals surface area contributed by atoms with Crippen LogP contribution in [0.15, 0.2) is 18.2 Å². The van der Waals surface area contributed by atoms with Crippen molar-refractivity contribution < 1.29 is 14.2 Å². The summed E-state index contributed by atoms with van der Waals surface area (Å²) in [7, 11) is 0. The minimum Gasteiger partial charge on any atom is -0.454 e. The van der Waals surface area contributed by atoms with Gasteiger partial charge in [0.25, 0.3) is 0 Å². The summed E-state index contributed by atoms with van der Waals surface area (Å²) in [5, 5.41) is 3.51. The highest BCUT2D eigenvalue weighted by molar-refractivity contribution is 5.44. The number of rotatable bonds is 3. The second-order valence-corrected chi connectivity index (χ2v) is 4.48. The summed E-state index contributed by atoms with van der Waals surface area (Å²) in [4.78, 5) is 0. The summed E-state index contributed by atoms with van der Waals surface area (Å²) in [5.41, 5.74) is 1.22. The molecule has 0 aromatic heterocycles. The summed E-state index contributed by atoms with van der Waals surface area (Å²) < 4.78 is 16.1. The summed E-state index contributed by atoms with van der Waals surface area (Å²) >= 11 is 0. The number of fused-ring (bicyclic) bond motifs is 1. The van der Waals surface area contributed by atoms with Gasteiger partial charge in [0.2, 0.25) is 6.79 Å². The third-order valence-electron chi connectivity index (χ3n) is 3.19. The molecule has 0 aliphatic carbocycles. The highest BCUT2D eigenvalue weighted by Crippen LogP contribution is 2.32. The van der Waals surface area contributed by atoms with Crippen LogP contribution < -0.4 is 14.8 Å². The highest BCUT2D eigenvalue weighted by Gasteiger charge is 2.15. The van der Waals surface area contributed by atoms with E-state index in [0.29, 0.717) is 12.8 Å². The Hall–Kier alpha value is -1.26. The molecule has 2 aliphatic rings. The van der Waals surface area contributed by atoms with Crippen LogP contribution in [-0.2, 0) is 11.3 Å². The van der Waals surface area contributed by atoms with Gasteiger partial charge >= 0.3 is 0 Å². The molecule has 4 nitrogen and oxygen atoms in total. The molecule has 1 aromatic carbocycles. The average Bonchev–Trinajstić information content (AvgIpc) is 2.85. The molecule has 1 aromatic rings. The summed E-state index contributed by atoms with van der Waals surface area (Å²) in [6, 6.07) is 6.56. The molecule has 3 rings (SSSR count). The molecule has 1 unspecified atom stereocenters. The van der Waals surface area contributed by atoms with E-state index in [1.807, 2.05) is 12.1 Å². The van der Waals surface area contributed by atoms with Gasteiger partial charge in [-0.2, -0.15) is 0 Å². The molecule has 0 spiro atoms. The molecule has 92 valence electrons. The van der Waals surface area contributed by atoms with Crippen LogP contribution in [0.3, 0.4) is 0 Å². The zero-order valence-corrected chi connectivity index (χ0v) is 9.78. The van der Waals surface area contributed by atoms with Gasteiger partial charge in [0, 0.05) is 19.2 Å². The van der Waals surface area contributed by atoms with Gasteiger partial charge in [-0.15, -0.1) is 0 Å². The van der Waals surface area contributed by atoms with Crippen molar-refractivity contribution in [3.05, 3.63) is 23.8 Å². The molecule has 0 bridgehead atoms. The fraction of sp³-hybridized carbons (Fsp3) is 0.538. The van der Waals surface area contributed by atoms with Gasteiger partial charge in [-0.05, 0) is 30.5 Å². The van der Waals surface area contributed by atoms with E-state index in [1.165, 1.54) is 12.0 Å². The minimum atomic E-state index is 0.336. The zero-order valence-electron chi connectivity index (χ0n) is 9.78. The monoisotopic (exact) mass is 235 g/mol. The molecule has 2 aliphatic heterocycles. The topological polar surface area (TPSA) is 39.7 Å². The van der Waals surface area contributed by atoms with Crippen molar-refractivity contribution in [2.75, 3.05) is 20.0 Å². The SMILES string of the molecule is c1cc2c(cc1CNC1CCCOC1)OCO2. The van der Waals surface area contributed by atoms with Gasteiger partial charge in [-0.3, -0.25) is 0 Å².